The van der Waals surface area contributed by atoms with Gasteiger partial charge in [-0.2, -0.15) is 11.8 Å². The Labute approximate surface area is 113 Å². The number of nitrogen functional groups attached to an aromatic ring is 1. The number of primary amides is 1. The van der Waals surface area contributed by atoms with Crippen LogP contribution in [0.5, 0.6) is 0 Å². The molecule has 0 aliphatic rings. The van der Waals surface area contributed by atoms with Crippen LogP contribution in [0.25, 0.3) is 0 Å². The zero-order valence-corrected chi connectivity index (χ0v) is 12.0. The summed E-state index contributed by atoms with van der Waals surface area (Å²) in [6.07, 6.45) is 3.06. The number of amides is 1. The first kappa shape index (κ1) is 14.7. The second-order valence-corrected chi connectivity index (χ2v) is 5.15. The van der Waals surface area contributed by atoms with Gasteiger partial charge in [0.25, 0.3) is 5.91 Å². The minimum absolute atomic E-state index is 0.336. The second-order valence-electron chi connectivity index (χ2n) is 4.24. The molecule has 4 nitrogen and oxygen atoms in total. The fourth-order valence-corrected chi connectivity index (χ4v) is 2.88. The summed E-state index contributed by atoms with van der Waals surface area (Å²) >= 11 is 1.78. The molecule has 0 saturated heterocycles. The van der Waals surface area contributed by atoms with E-state index in [0.717, 1.165) is 17.9 Å². The summed E-state index contributed by atoms with van der Waals surface area (Å²) < 4.78 is 0. The van der Waals surface area contributed by atoms with Crippen molar-refractivity contribution in [1.29, 1.82) is 0 Å². The van der Waals surface area contributed by atoms with Gasteiger partial charge in [-0.25, -0.2) is 0 Å². The number of rotatable bonds is 6. The first-order valence-electron chi connectivity index (χ1n) is 5.93. The number of thioether (sulfide) groups is 1. The summed E-state index contributed by atoms with van der Waals surface area (Å²) in [6.45, 7) is 2.13. The summed E-state index contributed by atoms with van der Waals surface area (Å²) in [7, 11) is 1.96. The quantitative estimate of drug-likeness (QED) is 0.773. The number of benzene rings is 1. The molecule has 100 valence electrons. The number of para-hydroxylation sites is 1. The van der Waals surface area contributed by atoms with Crippen LogP contribution in [0, 0.1) is 0 Å². The molecule has 0 bridgehead atoms. The fourth-order valence-electron chi connectivity index (χ4n) is 2.03. The van der Waals surface area contributed by atoms with Gasteiger partial charge in [-0.05, 0) is 24.8 Å². The van der Waals surface area contributed by atoms with Crippen LogP contribution in [0.4, 0.5) is 11.4 Å². The predicted molar refractivity (Wildman–Crippen MR) is 80.2 cm³/mol. The lowest BCUT2D eigenvalue weighted by molar-refractivity contribution is 0.100. The van der Waals surface area contributed by atoms with Crippen molar-refractivity contribution in [2.45, 2.75) is 19.4 Å². The molecule has 0 aliphatic carbocycles. The maximum atomic E-state index is 11.5. The third kappa shape index (κ3) is 3.10. The summed E-state index contributed by atoms with van der Waals surface area (Å²) in [4.78, 5) is 13.5. The molecule has 4 N–H and O–H groups in total. The molecular formula is C13H21N3OS. The third-order valence-electron chi connectivity index (χ3n) is 3.06. The van der Waals surface area contributed by atoms with Gasteiger partial charge in [-0.15, -0.1) is 0 Å². The second kappa shape index (κ2) is 6.54. The van der Waals surface area contributed by atoms with E-state index in [0.29, 0.717) is 17.3 Å². The van der Waals surface area contributed by atoms with Gasteiger partial charge in [-0.3, -0.25) is 4.79 Å². The largest absolute Gasteiger partial charge is 0.397 e. The highest BCUT2D eigenvalue weighted by Gasteiger charge is 2.20. The van der Waals surface area contributed by atoms with Crippen molar-refractivity contribution in [3.63, 3.8) is 0 Å². The van der Waals surface area contributed by atoms with Gasteiger partial charge in [0.15, 0.2) is 0 Å². The number of carbonyl (C=O) groups is 1. The monoisotopic (exact) mass is 267 g/mol. The Kier molecular flexibility index (Phi) is 5.34. The van der Waals surface area contributed by atoms with Crippen molar-refractivity contribution in [2.75, 3.05) is 29.7 Å². The minimum Gasteiger partial charge on any atom is -0.397 e. The van der Waals surface area contributed by atoms with E-state index in [9.17, 15) is 4.79 Å². The minimum atomic E-state index is -0.442. The van der Waals surface area contributed by atoms with Crippen molar-refractivity contribution in [3.05, 3.63) is 23.8 Å². The first-order valence-corrected chi connectivity index (χ1v) is 7.32. The molecule has 1 unspecified atom stereocenters. The molecule has 1 aromatic rings. The van der Waals surface area contributed by atoms with Crippen LogP contribution in [-0.4, -0.2) is 31.0 Å². The van der Waals surface area contributed by atoms with Crippen LogP contribution in [0.2, 0.25) is 0 Å². The molecule has 0 heterocycles. The van der Waals surface area contributed by atoms with Crippen LogP contribution in [0.15, 0.2) is 18.2 Å². The lowest BCUT2D eigenvalue weighted by atomic mass is 10.1. The van der Waals surface area contributed by atoms with Crippen LogP contribution in [0.3, 0.4) is 0 Å². The Balaban J connectivity index is 3.17. The Morgan fingerprint density at radius 3 is 2.67 bits per heavy atom. The fraction of sp³-hybridized carbons (Fsp3) is 0.462. The van der Waals surface area contributed by atoms with Gasteiger partial charge < -0.3 is 16.4 Å². The van der Waals surface area contributed by atoms with E-state index in [2.05, 4.69) is 18.1 Å². The lowest BCUT2D eigenvalue weighted by Crippen LogP contribution is -2.35. The Hall–Kier alpha value is -1.36. The van der Waals surface area contributed by atoms with Crippen molar-refractivity contribution in [1.82, 2.24) is 0 Å². The zero-order valence-electron chi connectivity index (χ0n) is 11.1. The van der Waals surface area contributed by atoms with Gasteiger partial charge in [0.2, 0.25) is 0 Å². The van der Waals surface area contributed by atoms with Crippen LogP contribution >= 0.6 is 11.8 Å². The number of hydrogen-bond donors (Lipinski definition) is 2. The molecule has 18 heavy (non-hydrogen) atoms. The van der Waals surface area contributed by atoms with Crippen molar-refractivity contribution in [2.24, 2.45) is 5.73 Å². The molecule has 0 aromatic heterocycles. The molecule has 1 atom stereocenters. The molecule has 1 aromatic carbocycles. The van der Waals surface area contributed by atoms with Gasteiger partial charge in [-0.1, -0.05) is 13.0 Å². The number of hydrogen-bond acceptors (Lipinski definition) is 4. The maximum Gasteiger partial charge on any atom is 0.250 e. The van der Waals surface area contributed by atoms with Crippen LogP contribution in [-0.2, 0) is 0 Å². The predicted octanol–water partition coefficient (Wildman–Crippen LogP) is 1.95. The Morgan fingerprint density at radius 2 is 2.17 bits per heavy atom. The Bertz CT molecular complexity index is 423. The Morgan fingerprint density at radius 1 is 1.50 bits per heavy atom. The van der Waals surface area contributed by atoms with E-state index in [-0.39, 0.29) is 0 Å². The number of carbonyl (C=O) groups excluding carboxylic acids is 1. The first-order chi connectivity index (χ1) is 8.52. The summed E-state index contributed by atoms with van der Waals surface area (Å²) in [5, 5.41) is 0. The third-order valence-corrected chi connectivity index (χ3v) is 3.78. The molecule has 1 amide bonds. The summed E-state index contributed by atoms with van der Waals surface area (Å²) in [5.41, 5.74) is 13.2. The number of nitrogens with zero attached hydrogens (tertiary/aromatic N) is 1. The van der Waals surface area contributed by atoms with Gasteiger partial charge in [0.05, 0.1) is 16.9 Å². The summed E-state index contributed by atoms with van der Waals surface area (Å²) in [6, 6.07) is 5.60. The van der Waals surface area contributed by atoms with Crippen LogP contribution < -0.4 is 16.4 Å². The number of anilines is 2. The highest BCUT2D eigenvalue weighted by Crippen LogP contribution is 2.29. The molecular weight excluding hydrogens is 246 g/mol. The SMILES string of the molecule is CCC(CSC)N(C)c1c(N)cccc1C(N)=O. The summed E-state index contributed by atoms with van der Waals surface area (Å²) in [5.74, 6) is 0.544. The molecule has 0 spiro atoms. The number of nitrogens with two attached hydrogens (primary N) is 2. The molecule has 0 saturated carbocycles. The highest BCUT2D eigenvalue weighted by molar-refractivity contribution is 7.98. The molecule has 5 heteroatoms. The maximum absolute atomic E-state index is 11.5. The van der Waals surface area contributed by atoms with E-state index < -0.39 is 5.91 Å². The van der Waals surface area contributed by atoms with E-state index in [1.807, 2.05) is 7.05 Å². The molecule has 0 fully saturated rings. The van der Waals surface area contributed by atoms with Crippen molar-refractivity contribution in [3.8, 4) is 0 Å². The molecule has 1 rings (SSSR count). The normalized spacial score (nSPS) is 12.2. The molecule has 0 aliphatic heterocycles. The van der Waals surface area contributed by atoms with E-state index in [4.69, 9.17) is 11.5 Å². The lowest BCUT2D eigenvalue weighted by Gasteiger charge is -2.31. The topological polar surface area (TPSA) is 72.3 Å². The van der Waals surface area contributed by atoms with Crippen molar-refractivity contribution < 1.29 is 4.79 Å². The zero-order chi connectivity index (χ0) is 13.7. The van der Waals surface area contributed by atoms with Crippen molar-refractivity contribution >= 4 is 29.0 Å². The van der Waals surface area contributed by atoms with E-state index in [1.54, 1.807) is 30.0 Å². The van der Waals surface area contributed by atoms with Gasteiger partial charge >= 0.3 is 0 Å². The smallest absolute Gasteiger partial charge is 0.250 e. The molecule has 0 radical (unpaired) electrons. The average molecular weight is 267 g/mol. The van der Waals surface area contributed by atoms with Crippen LogP contribution in [0.1, 0.15) is 23.7 Å². The van der Waals surface area contributed by atoms with Gasteiger partial charge in [0, 0.05) is 18.8 Å². The van der Waals surface area contributed by atoms with E-state index in [1.165, 1.54) is 0 Å². The highest BCUT2D eigenvalue weighted by atomic mass is 32.2. The van der Waals surface area contributed by atoms with E-state index >= 15 is 0 Å². The average Bonchev–Trinajstić information content (AvgIpc) is 2.34. The van der Waals surface area contributed by atoms with Gasteiger partial charge in [0.1, 0.15) is 0 Å². The standard InChI is InChI=1S/C13H21N3OS/c1-4-9(8-18-3)16(2)12-10(13(15)17)6-5-7-11(12)14/h5-7,9H,4,8,14H2,1-3H3,(H2,15,17).